The van der Waals surface area contributed by atoms with Crippen LogP contribution in [-0.4, -0.2) is 11.0 Å². The first-order valence-electron chi connectivity index (χ1n) is 4.68. The first-order valence-corrected chi connectivity index (χ1v) is 4.68. The number of rotatable bonds is 3. The van der Waals surface area contributed by atoms with E-state index in [9.17, 15) is 9.90 Å². The summed E-state index contributed by atoms with van der Waals surface area (Å²) < 4.78 is 0. The number of benzene rings is 1. The van der Waals surface area contributed by atoms with Gasteiger partial charge in [-0.3, -0.25) is 4.79 Å². The lowest BCUT2D eigenvalue weighted by molar-refractivity contribution is -0.120. The Kier molecular flexibility index (Phi) is 3.51. The van der Waals surface area contributed by atoms with Crippen LogP contribution in [0.1, 0.15) is 24.5 Å². The van der Waals surface area contributed by atoms with Crippen LogP contribution in [0.25, 0.3) is 0 Å². The summed E-state index contributed by atoms with van der Waals surface area (Å²) in [5, 5.41) is 12.1. The Bertz CT molecular complexity index is 334. The molecule has 0 radical (unpaired) electrons. The zero-order valence-corrected chi connectivity index (χ0v) is 8.50. The van der Waals surface area contributed by atoms with Crippen molar-refractivity contribution in [3.8, 4) is 5.75 Å². The van der Waals surface area contributed by atoms with Crippen molar-refractivity contribution in [2.45, 2.75) is 26.8 Å². The van der Waals surface area contributed by atoms with Gasteiger partial charge in [-0.1, -0.05) is 19.1 Å². The van der Waals surface area contributed by atoms with Gasteiger partial charge in [0.15, 0.2) is 0 Å². The van der Waals surface area contributed by atoms with Crippen molar-refractivity contribution in [2.24, 2.45) is 0 Å². The number of nitrogens with one attached hydrogen (secondary N) is 1. The number of amides is 1. The Balaban J connectivity index is 2.60. The largest absolute Gasteiger partial charge is 0.508 e. The summed E-state index contributed by atoms with van der Waals surface area (Å²) in [6, 6.07) is 5.31. The van der Waals surface area contributed by atoms with E-state index in [0.29, 0.717) is 13.0 Å². The van der Waals surface area contributed by atoms with Crippen LogP contribution in [0, 0.1) is 6.92 Å². The van der Waals surface area contributed by atoms with Gasteiger partial charge in [0.05, 0.1) is 0 Å². The van der Waals surface area contributed by atoms with Crippen LogP contribution in [0.5, 0.6) is 5.75 Å². The quantitative estimate of drug-likeness (QED) is 0.768. The Hall–Kier alpha value is -1.51. The maximum Gasteiger partial charge on any atom is 0.219 e. The first kappa shape index (κ1) is 10.6. The molecule has 14 heavy (non-hydrogen) atoms. The normalized spacial score (nSPS) is 9.86. The second kappa shape index (κ2) is 4.65. The summed E-state index contributed by atoms with van der Waals surface area (Å²) in [7, 11) is 0. The molecule has 76 valence electrons. The number of hydrogen-bond acceptors (Lipinski definition) is 2. The van der Waals surface area contributed by atoms with Crippen LogP contribution in [0.4, 0.5) is 0 Å². The van der Waals surface area contributed by atoms with Crippen molar-refractivity contribution in [2.75, 3.05) is 0 Å². The second-order valence-corrected chi connectivity index (χ2v) is 3.25. The average molecular weight is 193 g/mol. The molecule has 0 aliphatic heterocycles. The molecule has 0 unspecified atom stereocenters. The maximum atomic E-state index is 11.0. The van der Waals surface area contributed by atoms with E-state index in [-0.39, 0.29) is 11.7 Å². The predicted octanol–water partition coefficient (Wildman–Crippen LogP) is 1.73. The fourth-order valence-electron chi connectivity index (χ4n) is 1.15. The van der Waals surface area contributed by atoms with E-state index in [0.717, 1.165) is 11.1 Å². The number of aromatic hydroxyl groups is 1. The number of carbonyl (C=O) groups excluding carboxylic acids is 1. The molecule has 0 saturated carbocycles. The molecule has 0 atom stereocenters. The van der Waals surface area contributed by atoms with Gasteiger partial charge in [-0.25, -0.2) is 0 Å². The molecule has 3 nitrogen and oxygen atoms in total. The van der Waals surface area contributed by atoms with E-state index in [1.165, 1.54) is 0 Å². The van der Waals surface area contributed by atoms with Crippen molar-refractivity contribution in [3.05, 3.63) is 29.3 Å². The van der Waals surface area contributed by atoms with Crippen LogP contribution in [0.15, 0.2) is 18.2 Å². The molecule has 0 heterocycles. The van der Waals surface area contributed by atoms with Gasteiger partial charge in [-0.05, 0) is 24.1 Å². The second-order valence-electron chi connectivity index (χ2n) is 3.25. The summed E-state index contributed by atoms with van der Waals surface area (Å²) >= 11 is 0. The third kappa shape index (κ3) is 2.76. The SMILES string of the molecule is CCC(=O)NCc1ccc(O)c(C)c1. The number of phenols is 1. The highest BCUT2D eigenvalue weighted by Crippen LogP contribution is 2.16. The number of carbonyl (C=O) groups is 1. The summed E-state index contributed by atoms with van der Waals surface area (Å²) in [4.78, 5) is 11.0. The van der Waals surface area contributed by atoms with Crippen molar-refractivity contribution >= 4 is 5.91 Å². The molecular weight excluding hydrogens is 178 g/mol. The van der Waals surface area contributed by atoms with Crippen LogP contribution in [0.2, 0.25) is 0 Å². The van der Waals surface area contributed by atoms with E-state index in [2.05, 4.69) is 5.32 Å². The molecule has 1 aromatic rings. The highest BCUT2D eigenvalue weighted by Gasteiger charge is 2.00. The fraction of sp³-hybridized carbons (Fsp3) is 0.364. The molecule has 0 aliphatic carbocycles. The van der Waals surface area contributed by atoms with Gasteiger partial charge in [0.1, 0.15) is 5.75 Å². The molecule has 2 N–H and O–H groups in total. The zero-order valence-electron chi connectivity index (χ0n) is 8.50. The standard InChI is InChI=1S/C11H15NO2/c1-3-11(14)12-7-9-4-5-10(13)8(2)6-9/h4-6,13H,3,7H2,1-2H3,(H,12,14). The molecular formula is C11H15NO2. The molecule has 0 saturated heterocycles. The van der Waals surface area contributed by atoms with Crippen molar-refractivity contribution in [3.63, 3.8) is 0 Å². The van der Waals surface area contributed by atoms with Gasteiger partial charge < -0.3 is 10.4 Å². The minimum atomic E-state index is 0.0377. The molecule has 0 bridgehead atoms. The summed E-state index contributed by atoms with van der Waals surface area (Å²) in [5.74, 6) is 0.325. The van der Waals surface area contributed by atoms with Gasteiger partial charge in [0, 0.05) is 13.0 Å². The number of hydrogen-bond donors (Lipinski definition) is 2. The van der Waals surface area contributed by atoms with E-state index in [1.807, 2.05) is 19.9 Å². The molecule has 1 amide bonds. The number of aryl methyl sites for hydroxylation is 1. The van der Waals surface area contributed by atoms with Gasteiger partial charge in [-0.15, -0.1) is 0 Å². The Morgan fingerprint density at radius 1 is 1.50 bits per heavy atom. The van der Waals surface area contributed by atoms with Gasteiger partial charge >= 0.3 is 0 Å². The third-order valence-electron chi connectivity index (χ3n) is 2.07. The molecule has 1 rings (SSSR count). The van der Waals surface area contributed by atoms with Gasteiger partial charge in [-0.2, -0.15) is 0 Å². The smallest absolute Gasteiger partial charge is 0.219 e. The van der Waals surface area contributed by atoms with Crippen LogP contribution < -0.4 is 5.32 Å². The summed E-state index contributed by atoms with van der Waals surface area (Å²) in [6.07, 6.45) is 0.497. The minimum absolute atomic E-state index is 0.0377. The van der Waals surface area contributed by atoms with E-state index in [4.69, 9.17) is 0 Å². The molecule has 0 aliphatic rings. The highest BCUT2D eigenvalue weighted by atomic mass is 16.3. The van der Waals surface area contributed by atoms with Gasteiger partial charge in [0.25, 0.3) is 0 Å². The van der Waals surface area contributed by atoms with Crippen molar-refractivity contribution < 1.29 is 9.90 Å². The Morgan fingerprint density at radius 2 is 2.21 bits per heavy atom. The lowest BCUT2D eigenvalue weighted by Crippen LogP contribution is -2.21. The first-order chi connectivity index (χ1) is 6.63. The molecule has 0 fully saturated rings. The van der Waals surface area contributed by atoms with Gasteiger partial charge in [0.2, 0.25) is 5.91 Å². The van der Waals surface area contributed by atoms with Crippen LogP contribution in [-0.2, 0) is 11.3 Å². The third-order valence-corrected chi connectivity index (χ3v) is 2.07. The minimum Gasteiger partial charge on any atom is -0.508 e. The molecule has 0 spiro atoms. The summed E-state index contributed by atoms with van der Waals surface area (Å²) in [6.45, 7) is 4.17. The predicted molar refractivity (Wildman–Crippen MR) is 55.0 cm³/mol. The highest BCUT2D eigenvalue weighted by molar-refractivity contribution is 5.75. The maximum absolute atomic E-state index is 11.0. The van der Waals surface area contributed by atoms with Crippen molar-refractivity contribution in [1.82, 2.24) is 5.32 Å². The Morgan fingerprint density at radius 3 is 2.79 bits per heavy atom. The zero-order chi connectivity index (χ0) is 10.6. The van der Waals surface area contributed by atoms with E-state index >= 15 is 0 Å². The molecule has 3 heteroatoms. The molecule has 1 aromatic carbocycles. The summed E-state index contributed by atoms with van der Waals surface area (Å²) in [5.41, 5.74) is 1.83. The van der Waals surface area contributed by atoms with E-state index in [1.54, 1.807) is 12.1 Å². The topological polar surface area (TPSA) is 49.3 Å². The molecule has 0 aromatic heterocycles. The van der Waals surface area contributed by atoms with Crippen LogP contribution >= 0.6 is 0 Å². The average Bonchev–Trinajstić information content (AvgIpc) is 2.19. The number of phenolic OH excluding ortho intramolecular Hbond substituents is 1. The lowest BCUT2D eigenvalue weighted by atomic mass is 10.1. The van der Waals surface area contributed by atoms with Crippen molar-refractivity contribution in [1.29, 1.82) is 0 Å². The Labute approximate surface area is 83.8 Å². The lowest BCUT2D eigenvalue weighted by Gasteiger charge is -2.05. The monoisotopic (exact) mass is 193 g/mol. The van der Waals surface area contributed by atoms with E-state index < -0.39 is 0 Å². The fourth-order valence-corrected chi connectivity index (χ4v) is 1.15. The van der Waals surface area contributed by atoms with Crippen LogP contribution in [0.3, 0.4) is 0 Å².